The first-order valence-electron chi connectivity index (χ1n) is 10.2. The Morgan fingerprint density at radius 2 is 1.67 bits per heavy atom. The molecule has 2 aromatic carbocycles. The van der Waals surface area contributed by atoms with Crippen LogP contribution in [0.3, 0.4) is 0 Å². The van der Waals surface area contributed by atoms with Gasteiger partial charge in [-0.2, -0.15) is 0 Å². The Labute approximate surface area is 178 Å². The van der Waals surface area contributed by atoms with Crippen molar-refractivity contribution in [1.82, 2.24) is 9.80 Å². The first-order valence-corrected chi connectivity index (χ1v) is 10.2. The molecule has 0 spiro atoms. The number of nitrogens with zero attached hydrogens (tertiary/aromatic N) is 2. The molecule has 1 saturated heterocycles. The molecular weight excluding hydrogens is 382 g/mol. The van der Waals surface area contributed by atoms with Gasteiger partial charge in [0.2, 0.25) is 5.91 Å². The summed E-state index contributed by atoms with van der Waals surface area (Å²) in [5.74, 6) is 2.33. The molecule has 1 N–H and O–H groups in total. The van der Waals surface area contributed by atoms with Crippen molar-refractivity contribution in [2.45, 2.75) is 19.5 Å². The van der Waals surface area contributed by atoms with Gasteiger partial charge in [0, 0.05) is 38.3 Å². The number of rotatable bonds is 8. The summed E-state index contributed by atoms with van der Waals surface area (Å²) < 4.78 is 16.2. The standard InChI is InChI=1S/C23H31N3O4/c1-17(23(27)24-20-7-5-6-8-22(20)30-4)26-13-11-25(12-14-26)16-18-15-19(28-2)9-10-21(18)29-3/h5-10,15,17H,11-14,16H2,1-4H3,(H,24,27)/t17-/m0/s1. The minimum absolute atomic E-state index is 0.0255. The molecule has 1 atom stereocenters. The molecule has 7 nitrogen and oxygen atoms in total. The lowest BCUT2D eigenvalue weighted by Gasteiger charge is -2.37. The van der Waals surface area contributed by atoms with Gasteiger partial charge in [-0.05, 0) is 37.3 Å². The van der Waals surface area contributed by atoms with Crippen molar-refractivity contribution in [2.24, 2.45) is 0 Å². The van der Waals surface area contributed by atoms with E-state index in [9.17, 15) is 4.79 Å². The predicted molar refractivity (Wildman–Crippen MR) is 117 cm³/mol. The van der Waals surface area contributed by atoms with Crippen LogP contribution in [0.2, 0.25) is 0 Å². The van der Waals surface area contributed by atoms with Crippen LogP contribution in [0.1, 0.15) is 12.5 Å². The molecule has 1 amide bonds. The zero-order valence-electron chi connectivity index (χ0n) is 18.2. The van der Waals surface area contributed by atoms with Gasteiger partial charge >= 0.3 is 0 Å². The molecule has 7 heteroatoms. The highest BCUT2D eigenvalue weighted by molar-refractivity contribution is 5.95. The second-order valence-corrected chi connectivity index (χ2v) is 7.36. The molecule has 0 radical (unpaired) electrons. The maximum atomic E-state index is 12.8. The van der Waals surface area contributed by atoms with Crippen LogP contribution in [0.25, 0.3) is 0 Å². The number of para-hydroxylation sites is 2. The summed E-state index contributed by atoms with van der Waals surface area (Å²) in [5, 5.41) is 2.99. The quantitative estimate of drug-likeness (QED) is 0.718. The Hall–Kier alpha value is -2.77. The number of carbonyl (C=O) groups is 1. The topological polar surface area (TPSA) is 63.3 Å². The van der Waals surface area contributed by atoms with Crippen LogP contribution in [0, 0.1) is 0 Å². The Balaban J connectivity index is 1.55. The molecule has 0 bridgehead atoms. The maximum absolute atomic E-state index is 12.8. The fourth-order valence-electron chi connectivity index (χ4n) is 3.71. The van der Waals surface area contributed by atoms with E-state index in [4.69, 9.17) is 14.2 Å². The van der Waals surface area contributed by atoms with E-state index in [0.717, 1.165) is 49.8 Å². The van der Waals surface area contributed by atoms with Gasteiger partial charge in [-0.25, -0.2) is 0 Å². The first-order chi connectivity index (χ1) is 14.5. The average molecular weight is 414 g/mol. The predicted octanol–water partition coefficient (Wildman–Crippen LogP) is 2.86. The fourth-order valence-corrected chi connectivity index (χ4v) is 3.71. The van der Waals surface area contributed by atoms with Crippen LogP contribution < -0.4 is 19.5 Å². The molecule has 1 heterocycles. The van der Waals surface area contributed by atoms with Gasteiger partial charge in [-0.3, -0.25) is 14.6 Å². The number of carbonyl (C=O) groups excluding carboxylic acids is 1. The number of amides is 1. The van der Waals surface area contributed by atoms with Crippen molar-refractivity contribution < 1.29 is 19.0 Å². The van der Waals surface area contributed by atoms with E-state index in [1.165, 1.54) is 0 Å². The van der Waals surface area contributed by atoms with E-state index in [2.05, 4.69) is 15.1 Å². The number of piperazine rings is 1. The molecule has 30 heavy (non-hydrogen) atoms. The van der Waals surface area contributed by atoms with Crippen molar-refractivity contribution in [3.05, 3.63) is 48.0 Å². The number of nitrogens with one attached hydrogen (secondary N) is 1. The highest BCUT2D eigenvalue weighted by atomic mass is 16.5. The van der Waals surface area contributed by atoms with E-state index in [1.54, 1.807) is 21.3 Å². The van der Waals surface area contributed by atoms with Crippen molar-refractivity contribution in [3.63, 3.8) is 0 Å². The normalized spacial score (nSPS) is 16.0. The monoisotopic (exact) mass is 413 g/mol. The van der Waals surface area contributed by atoms with Gasteiger partial charge in [-0.15, -0.1) is 0 Å². The van der Waals surface area contributed by atoms with Crippen LogP contribution in [-0.2, 0) is 11.3 Å². The van der Waals surface area contributed by atoms with Gasteiger partial charge in [0.1, 0.15) is 17.2 Å². The minimum atomic E-state index is -0.219. The van der Waals surface area contributed by atoms with Crippen LogP contribution in [0.15, 0.2) is 42.5 Å². The third kappa shape index (κ3) is 5.23. The van der Waals surface area contributed by atoms with Crippen molar-refractivity contribution in [1.29, 1.82) is 0 Å². The number of methoxy groups -OCH3 is 3. The summed E-state index contributed by atoms with van der Waals surface area (Å²) >= 11 is 0. The van der Waals surface area contributed by atoms with Crippen molar-refractivity contribution >= 4 is 11.6 Å². The van der Waals surface area contributed by atoms with Gasteiger partial charge in [0.25, 0.3) is 0 Å². The van der Waals surface area contributed by atoms with E-state index >= 15 is 0 Å². The molecule has 2 aromatic rings. The molecule has 1 fully saturated rings. The third-order valence-corrected chi connectivity index (χ3v) is 5.58. The average Bonchev–Trinajstić information content (AvgIpc) is 2.79. The zero-order valence-corrected chi connectivity index (χ0v) is 18.2. The Morgan fingerprint density at radius 1 is 0.967 bits per heavy atom. The lowest BCUT2D eigenvalue weighted by molar-refractivity contribution is -0.121. The number of hydrogen-bond acceptors (Lipinski definition) is 6. The first kappa shape index (κ1) is 21.9. The summed E-state index contributed by atoms with van der Waals surface area (Å²) in [6.07, 6.45) is 0. The molecule has 0 saturated carbocycles. The molecule has 0 aromatic heterocycles. The third-order valence-electron chi connectivity index (χ3n) is 5.58. The molecule has 162 valence electrons. The highest BCUT2D eigenvalue weighted by Crippen LogP contribution is 2.26. The molecule has 0 unspecified atom stereocenters. The number of benzene rings is 2. The van der Waals surface area contributed by atoms with Crippen LogP contribution >= 0.6 is 0 Å². The van der Waals surface area contributed by atoms with Gasteiger partial charge in [-0.1, -0.05) is 12.1 Å². The van der Waals surface area contributed by atoms with Crippen LogP contribution in [0.5, 0.6) is 17.2 Å². The number of hydrogen-bond donors (Lipinski definition) is 1. The fraction of sp³-hybridized carbons (Fsp3) is 0.435. The SMILES string of the molecule is COc1ccc(OC)c(CN2CCN([C@@H](C)C(=O)Nc3ccccc3OC)CC2)c1. The van der Waals surface area contributed by atoms with Gasteiger partial charge in [0.15, 0.2) is 0 Å². The molecule has 1 aliphatic heterocycles. The van der Waals surface area contributed by atoms with Crippen molar-refractivity contribution in [2.75, 3.05) is 52.8 Å². The Morgan fingerprint density at radius 3 is 2.33 bits per heavy atom. The maximum Gasteiger partial charge on any atom is 0.241 e. The molecule has 1 aliphatic rings. The highest BCUT2D eigenvalue weighted by Gasteiger charge is 2.26. The van der Waals surface area contributed by atoms with Crippen LogP contribution in [-0.4, -0.2) is 69.3 Å². The van der Waals surface area contributed by atoms with E-state index in [0.29, 0.717) is 11.4 Å². The molecule has 0 aliphatic carbocycles. The summed E-state index contributed by atoms with van der Waals surface area (Å²) in [4.78, 5) is 17.3. The van der Waals surface area contributed by atoms with Crippen molar-refractivity contribution in [3.8, 4) is 17.2 Å². The van der Waals surface area contributed by atoms with E-state index in [1.807, 2.05) is 49.4 Å². The number of anilines is 1. The largest absolute Gasteiger partial charge is 0.497 e. The van der Waals surface area contributed by atoms with E-state index in [-0.39, 0.29) is 11.9 Å². The minimum Gasteiger partial charge on any atom is -0.497 e. The molecule has 3 rings (SSSR count). The van der Waals surface area contributed by atoms with Crippen LogP contribution in [0.4, 0.5) is 5.69 Å². The second kappa shape index (κ2) is 10.3. The van der Waals surface area contributed by atoms with Gasteiger partial charge in [0.05, 0.1) is 33.1 Å². The zero-order chi connectivity index (χ0) is 21.5. The summed E-state index contributed by atoms with van der Waals surface area (Å²) in [6.45, 7) is 6.15. The summed E-state index contributed by atoms with van der Waals surface area (Å²) in [6, 6.07) is 13.1. The second-order valence-electron chi connectivity index (χ2n) is 7.36. The Kier molecular flexibility index (Phi) is 7.54. The number of ether oxygens (including phenoxy) is 3. The molecular formula is C23H31N3O4. The van der Waals surface area contributed by atoms with E-state index < -0.39 is 0 Å². The smallest absolute Gasteiger partial charge is 0.241 e. The Bertz CT molecular complexity index is 850. The lowest BCUT2D eigenvalue weighted by Crippen LogP contribution is -2.52. The summed E-state index contributed by atoms with van der Waals surface area (Å²) in [7, 11) is 4.96. The van der Waals surface area contributed by atoms with Gasteiger partial charge < -0.3 is 19.5 Å². The summed E-state index contributed by atoms with van der Waals surface area (Å²) in [5.41, 5.74) is 1.80. The lowest BCUT2D eigenvalue weighted by atomic mass is 10.1.